The predicted molar refractivity (Wildman–Crippen MR) is 77.6 cm³/mol. The van der Waals surface area contributed by atoms with Crippen LogP contribution >= 0.6 is 11.8 Å². The van der Waals surface area contributed by atoms with Gasteiger partial charge < -0.3 is 5.73 Å². The highest BCUT2D eigenvalue weighted by Crippen LogP contribution is 2.19. The van der Waals surface area contributed by atoms with Gasteiger partial charge in [0.15, 0.2) is 0 Å². The number of carbonyl (C=O) groups is 1. The van der Waals surface area contributed by atoms with E-state index in [1.165, 1.54) is 11.8 Å². The van der Waals surface area contributed by atoms with Gasteiger partial charge in [0, 0.05) is 16.8 Å². The van der Waals surface area contributed by atoms with E-state index in [2.05, 4.69) is 15.8 Å². The van der Waals surface area contributed by atoms with Crippen LogP contribution in [-0.4, -0.2) is 16.6 Å². The summed E-state index contributed by atoms with van der Waals surface area (Å²) in [6, 6.07) is 12.8. The van der Waals surface area contributed by atoms with Crippen molar-refractivity contribution in [1.29, 1.82) is 0 Å². The first-order valence-corrected chi connectivity index (χ1v) is 6.67. The van der Waals surface area contributed by atoms with E-state index in [0.29, 0.717) is 17.3 Å². The Bertz CT molecular complexity index is 547. The molecule has 2 rings (SSSR count). The fourth-order valence-corrected chi connectivity index (χ4v) is 2.12. The minimum Gasteiger partial charge on any atom is -0.399 e. The fourth-order valence-electron chi connectivity index (χ4n) is 1.36. The molecular weight excluding hydrogens is 260 g/mol. The van der Waals surface area contributed by atoms with E-state index < -0.39 is 0 Å². The molecule has 0 radical (unpaired) electrons. The molecule has 0 atom stereocenters. The summed E-state index contributed by atoms with van der Waals surface area (Å²) in [4.78, 5) is 16.6. The Labute approximate surface area is 115 Å². The van der Waals surface area contributed by atoms with Gasteiger partial charge in [-0.15, -0.1) is 11.8 Å². The molecule has 0 spiro atoms. The van der Waals surface area contributed by atoms with Crippen LogP contribution in [0.2, 0.25) is 0 Å². The first kappa shape index (κ1) is 13.2. The monoisotopic (exact) mass is 274 g/mol. The Morgan fingerprint density at radius 2 is 2.16 bits per heavy atom. The molecule has 1 heterocycles. The largest absolute Gasteiger partial charge is 0.399 e. The number of pyridine rings is 1. The van der Waals surface area contributed by atoms with Crippen LogP contribution in [0.5, 0.6) is 0 Å². The van der Waals surface area contributed by atoms with Crippen LogP contribution in [0.4, 0.5) is 11.5 Å². The maximum atomic E-state index is 11.6. The highest BCUT2D eigenvalue weighted by Gasteiger charge is 2.02. The molecule has 2 aromatic rings. The molecule has 1 aromatic carbocycles. The molecule has 0 aliphatic rings. The van der Waals surface area contributed by atoms with Gasteiger partial charge in [0.2, 0.25) is 5.91 Å². The number of nitrogens with zero attached hydrogens (tertiary/aromatic N) is 1. The second-order valence-corrected chi connectivity index (χ2v) is 4.80. The van der Waals surface area contributed by atoms with Crippen molar-refractivity contribution in [3.05, 3.63) is 48.7 Å². The van der Waals surface area contributed by atoms with Gasteiger partial charge in [0.05, 0.1) is 5.75 Å². The van der Waals surface area contributed by atoms with E-state index in [4.69, 9.17) is 5.73 Å². The smallest absolute Gasteiger partial charge is 0.248 e. The second kappa shape index (κ2) is 6.65. The lowest BCUT2D eigenvalue weighted by molar-refractivity contribution is -0.118. The molecule has 98 valence electrons. The summed E-state index contributed by atoms with van der Waals surface area (Å²) >= 11 is 1.43. The van der Waals surface area contributed by atoms with Crippen LogP contribution in [0, 0.1) is 0 Å². The molecule has 0 saturated carbocycles. The zero-order valence-corrected chi connectivity index (χ0v) is 11.0. The summed E-state index contributed by atoms with van der Waals surface area (Å²) in [5.74, 6) is 0.784. The topological polar surface area (TPSA) is 80.0 Å². The molecule has 0 bridgehead atoms. The lowest BCUT2D eigenvalue weighted by Crippen LogP contribution is -2.31. The average molecular weight is 274 g/mol. The normalized spacial score (nSPS) is 9.89. The fraction of sp³-hybridized carbons (Fsp3) is 0.0769. The number of carbonyl (C=O) groups excluding carboxylic acids is 1. The third-order valence-corrected chi connectivity index (χ3v) is 3.22. The van der Waals surface area contributed by atoms with Crippen LogP contribution in [0.1, 0.15) is 0 Å². The zero-order chi connectivity index (χ0) is 13.5. The predicted octanol–water partition coefficient (Wildman–Crippen LogP) is 1.90. The molecule has 19 heavy (non-hydrogen) atoms. The Morgan fingerprint density at radius 1 is 1.26 bits per heavy atom. The molecule has 1 aromatic heterocycles. The molecule has 1 amide bonds. The number of hydrazine groups is 1. The molecule has 0 unspecified atom stereocenters. The molecule has 6 heteroatoms. The van der Waals surface area contributed by atoms with E-state index in [9.17, 15) is 4.79 Å². The van der Waals surface area contributed by atoms with Gasteiger partial charge in [-0.2, -0.15) is 0 Å². The Kier molecular flexibility index (Phi) is 4.63. The maximum Gasteiger partial charge on any atom is 0.248 e. The number of amides is 1. The van der Waals surface area contributed by atoms with Crippen LogP contribution < -0.4 is 16.6 Å². The first-order chi connectivity index (χ1) is 9.24. The highest BCUT2D eigenvalue weighted by atomic mass is 32.2. The van der Waals surface area contributed by atoms with Gasteiger partial charge in [-0.3, -0.25) is 15.6 Å². The lowest BCUT2D eigenvalue weighted by atomic mass is 10.3. The molecule has 5 nitrogen and oxygen atoms in total. The summed E-state index contributed by atoms with van der Waals surface area (Å²) < 4.78 is 0. The van der Waals surface area contributed by atoms with Crippen molar-refractivity contribution in [2.24, 2.45) is 0 Å². The number of nitrogens with one attached hydrogen (secondary N) is 2. The van der Waals surface area contributed by atoms with Crippen LogP contribution in [-0.2, 0) is 4.79 Å². The van der Waals surface area contributed by atoms with Gasteiger partial charge in [-0.05, 0) is 30.3 Å². The first-order valence-electron chi connectivity index (χ1n) is 5.68. The lowest BCUT2D eigenvalue weighted by Gasteiger charge is -2.07. The van der Waals surface area contributed by atoms with Crippen molar-refractivity contribution >= 4 is 29.2 Å². The SMILES string of the molecule is Nc1cccc(SCC(=O)NNc2ccccn2)c1. The molecular formula is C13H14N4OS. The summed E-state index contributed by atoms with van der Waals surface area (Å²) in [6.07, 6.45) is 1.65. The van der Waals surface area contributed by atoms with Crippen LogP contribution in [0.25, 0.3) is 0 Å². The molecule has 0 aliphatic heterocycles. The van der Waals surface area contributed by atoms with E-state index >= 15 is 0 Å². The van der Waals surface area contributed by atoms with Gasteiger partial charge in [-0.25, -0.2) is 4.98 Å². The minimum atomic E-state index is -0.127. The molecule has 4 N–H and O–H groups in total. The van der Waals surface area contributed by atoms with Crippen LogP contribution in [0.15, 0.2) is 53.6 Å². The molecule has 0 aliphatic carbocycles. The quantitative estimate of drug-likeness (QED) is 0.441. The highest BCUT2D eigenvalue weighted by molar-refractivity contribution is 8.00. The molecule has 0 saturated heterocycles. The van der Waals surface area contributed by atoms with E-state index in [1.54, 1.807) is 12.3 Å². The number of rotatable bonds is 5. The minimum absolute atomic E-state index is 0.127. The summed E-state index contributed by atoms with van der Waals surface area (Å²) in [7, 11) is 0. The van der Waals surface area contributed by atoms with Crippen molar-refractivity contribution in [2.75, 3.05) is 16.9 Å². The van der Waals surface area contributed by atoms with E-state index in [1.807, 2.05) is 36.4 Å². The van der Waals surface area contributed by atoms with Crippen molar-refractivity contribution in [3.63, 3.8) is 0 Å². The van der Waals surface area contributed by atoms with Crippen molar-refractivity contribution in [2.45, 2.75) is 4.90 Å². The Hall–Kier alpha value is -2.21. The van der Waals surface area contributed by atoms with Crippen molar-refractivity contribution in [1.82, 2.24) is 10.4 Å². The molecule has 0 fully saturated rings. The zero-order valence-electron chi connectivity index (χ0n) is 10.2. The Balaban J connectivity index is 1.76. The number of nitrogen functional groups attached to an aromatic ring is 1. The number of hydrogen-bond acceptors (Lipinski definition) is 5. The maximum absolute atomic E-state index is 11.6. The van der Waals surface area contributed by atoms with E-state index in [-0.39, 0.29) is 5.91 Å². The number of hydrogen-bond donors (Lipinski definition) is 3. The van der Waals surface area contributed by atoms with Gasteiger partial charge in [0.1, 0.15) is 5.82 Å². The van der Waals surface area contributed by atoms with Gasteiger partial charge in [0.25, 0.3) is 0 Å². The summed E-state index contributed by atoms with van der Waals surface area (Å²) in [5, 5.41) is 0. The second-order valence-electron chi connectivity index (χ2n) is 3.75. The third-order valence-electron chi connectivity index (χ3n) is 2.22. The standard InChI is InChI=1S/C13H14N4OS/c14-10-4-3-5-11(8-10)19-9-13(18)17-16-12-6-1-2-7-15-12/h1-8H,9,14H2,(H,15,16)(H,17,18). The Morgan fingerprint density at radius 3 is 2.89 bits per heavy atom. The average Bonchev–Trinajstić information content (AvgIpc) is 2.44. The van der Waals surface area contributed by atoms with Gasteiger partial charge in [-0.1, -0.05) is 12.1 Å². The number of aromatic nitrogens is 1. The number of nitrogens with two attached hydrogens (primary N) is 1. The third kappa shape index (κ3) is 4.51. The number of thioether (sulfide) groups is 1. The van der Waals surface area contributed by atoms with Crippen molar-refractivity contribution in [3.8, 4) is 0 Å². The number of benzene rings is 1. The van der Waals surface area contributed by atoms with Crippen molar-refractivity contribution < 1.29 is 4.79 Å². The van der Waals surface area contributed by atoms with Gasteiger partial charge >= 0.3 is 0 Å². The van der Waals surface area contributed by atoms with Crippen LogP contribution in [0.3, 0.4) is 0 Å². The summed E-state index contributed by atoms with van der Waals surface area (Å²) in [5.41, 5.74) is 11.7. The number of anilines is 2. The summed E-state index contributed by atoms with van der Waals surface area (Å²) in [6.45, 7) is 0. The van der Waals surface area contributed by atoms with E-state index in [0.717, 1.165) is 4.90 Å².